The van der Waals surface area contributed by atoms with Crippen LogP contribution in [-0.4, -0.2) is 29.8 Å². The predicted octanol–water partition coefficient (Wildman–Crippen LogP) is -0.796. The van der Waals surface area contributed by atoms with Crippen molar-refractivity contribution >= 4 is 5.96 Å². The van der Waals surface area contributed by atoms with Crippen LogP contribution in [-0.2, 0) is 0 Å². The molecule has 0 rings (SSSR count). The lowest BCUT2D eigenvalue weighted by Crippen LogP contribution is -2.41. The summed E-state index contributed by atoms with van der Waals surface area (Å²) in [6, 6.07) is -0.258. The highest BCUT2D eigenvalue weighted by atomic mass is 16.3. The molecule has 5 nitrogen and oxygen atoms in total. The topological polar surface area (TPSA) is 108 Å². The molecule has 7 N–H and O–H groups in total. The van der Waals surface area contributed by atoms with E-state index in [2.05, 4.69) is 5.32 Å². The molecule has 0 aromatic carbocycles. The normalized spacial score (nSPS) is 15.5. The molecule has 0 saturated heterocycles. The average Bonchev–Trinajstić information content (AvgIpc) is 2.02. The standard InChI is InChI=1S/C8H20N4O/c1-5(2)7(13)6(9)3-4-12-8(10)11/h5-7,13H,3-4,9H2,1-2H3,(H4,10,11,12)/t6-,7?/m1/s1. The van der Waals surface area contributed by atoms with Gasteiger partial charge in [0.2, 0.25) is 0 Å². The van der Waals surface area contributed by atoms with Gasteiger partial charge in [-0.25, -0.2) is 0 Å². The predicted molar refractivity (Wildman–Crippen MR) is 53.4 cm³/mol. The van der Waals surface area contributed by atoms with Crippen molar-refractivity contribution in [1.82, 2.24) is 5.32 Å². The Balaban J connectivity index is 3.61. The maximum atomic E-state index is 9.52. The molecule has 0 radical (unpaired) electrons. The zero-order valence-corrected chi connectivity index (χ0v) is 8.25. The zero-order valence-electron chi connectivity index (χ0n) is 8.25. The lowest BCUT2D eigenvalue weighted by Gasteiger charge is -2.21. The van der Waals surface area contributed by atoms with Crippen LogP contribution in [0.2, 0.25) is 0 Å². The lowest BCUT2D eigenvalue weighted by atomic mass is 9.98. The molecule has 0 heterocycles. The van der Waals surface area contributed by atoms with E-state index >= 15 is 0 Å². The molecule has 2 atom stereocenters. The fourth-order valence-corrected chi connectivity index (χ4v) is 1.04. The summed E-state index contributed by atoms with van der Waals surface area (Å²) in [5.74, 6) is 0.0959. The van der Waals surface area contributed by atoms with Crippen molar-refractivity contribution in [3.63, 3.8) is 0 Å². The third-order valence-corrected chi connectivity index (χ3v) is 1.91. The van der Waals surface area contributed by atoms with Gasteiger partial charge in [-0.1, -0.05) is 13.8 Å². The highest BCUT2D eigenvalue weighted by Gasteiger charge is 2.17. The van der Waals surface area contributed by atoms with Gasteiger partial charge in [0.25, 0.3) is 0 Å². The lowest BCUT2D eigenvalue weighted by molar-refractivity contribution is 0.0951. The summed E-state index contributed by atoms with van der Waals surface area (Å²) in [6.07, 6.45) is 0.118. The molecular formula is C8H20N4O. The van der Waals surface area contributed by atoms with Gasteiger partial charge in [-0.05, 0) is 12.3 Å². The molecule has 0 spiro atoms. The molecular weight excluding hydrogens is 168 g/mol. The summed E-state index contributed by atoms with van der Waals surface area (Å²) < 4.78 is 0. The van der Waals surface area contributed by atoms with E-state index in [1.54, 1.807) is 0 Å². The molecule has 78 valence electrons. The second kappa shape index (κ2) is 5.77. The number of rotatable bonds is 5. The van der Waals surface area contributed by atoms with Gasteiger partial charge >= 0.3 is 0 Å². The van der Waals surface area contributed by atoms with Gasteiger partial charge in [-0.15, -0.1) is 0 Å². The highest BCUT2D eigenvalue weighted by Crippen LogP contribution is 2.06. The third-order valence-electron chi connectivity index (χ3n) is 1.91. The van der Waals surface area contributed by atoms with Gasteiger partial charge in [0.05, 0.1) is 6.10 Å². The molecule has 0 aliphatic rings. The first-order valence-electron chi connectivity index (χ1n) is 4.46. The molecule has 0 aliphatic carbocycles. The van der Waals surface area contributed by atoms with Crippen LogP contribution < -0.4 is 16.8 Å². The van der Waals surface area contributed by atoms with Crippen LogP contribution in [0.4, 0.5) is 0 Å². The number of nitrogens with two attached hydrogens (primary N) is 2. The summed E-state index contributed by atoms with van der Waals surface area (Å²) in [4.78, 5) is 0. The van der Waals surface area contributed by atoms with Gasteiger partial charge < -0.3 is 21.9 Å². The molecule has 0 aromatic heterocycles. The molecule has 0 amide bonds. The SMILES string of the molecule is CC(C)C(O)[C@H](N)CCNC(=N)N. The van der Waals surface area contributed by atoms with Crippen molar-refractivity contribution < 1.29 is 5.11 Å². The summed E-state index contributed by atoms with van der Waals surface area (Å²) in [5, 5.41) is 19.1. The second-order valence-corrected chi connectivity index (χ2v) is 3.53. The Kier molecular flexibility index (Phi) is 5.41. The van der Waals surface area contributed by atoms with E-state index in [-0.39, 0.29) is 17.9 Å². The number of guanidine groups is 1. The largest absolute Gasteiger partial charge is 0.391 e. The molecule has 0 fully saturated rings. The Morgan fingerprint density at radius 2 is 2.08 bits per heavy atom. The number of aliphatic hydroxyl groups is 1. The minimum absolute atomic E-state index is 0.0637. The number of hydrogen-bond donors (Lipinski definition) is 5. The van der Waals surface area contributed by atoms with Crippen molar-refractivity contribution in [3.05, 3.63) is 0 Å². The van der Waals surface area contributed by atoms with Crippen molar-refractivity contribution in [2.75, 3.05) is 6.54 Å². The van der Waals surface area contributed by atoms with Gasteiger partial charge in [-0.2, -0.15) is 0 Å². The first-order chi connectivity index (χ1) is 5.95. The van der Waals surface area contributed by atoms with E-state index in [1.807, 2.05) is 13.8 Å². The fraction of sp³-hybridized carbons (Fsp3) is 0.875. The zero-order chi connectivity index (χ0) is 10.4. The van der Waals surface area contributed by atoms with E-state index in [9.17, 15) is 5.11 Å². The van der Waals surface area contributed by atoms with Crippen molar-refractivity contribution in [3.8, 4) is 0 Å². The maximum absolute atomic E-state index is 9.52. The molecule has 5 heteroatoms. The van der Waals surface area contributed by atoms with Crippen molar-refractivity contribution in [1.29, 1.82) is 5.41 Å². The van der Waals surface area contributed by atoms with Crippen LogP contribution in [0.1, 0.15) is 20.3 Å². The van der Waals surface area contributed by atoms with E-state index in [4.69, 9.17) is 16.9 Å². The first-order valence-corrected chi connectivity index (χ1v) is 4.46. The highest BCUT2D eigenvalue weighted by molar-refractivity contribution is 5.74. The molecule has 0 saturated carbocycles. The summed E-state index contributed by atoms with van der Waals surface area (Å²) >= 11 is 0. The fourth-order valence-electron chi connectivity index (χ4n) is 1.04. The average molecular weight is 188 g/mol. The maximum Gasteiger partial charge on any atom is 0.185 e. The monoisotopic (exact) mass is 188 g/mol. The molecule has 0 aromatic rings. The number of hydrogen-bond acceptors (Lipinski definition) is 3. The van der Waals surface area contributed by atoms with Crippen LogP contribution in [0.5, 0.6) is 0 Å². The third kappa shape index (κ3) is 5.43. The van der Waals surface area contributed by atoms with Crippen LogP contribution >= 0.6 is 0 Å². The van der Waals surface area contributed by atoms with E-state index in [0.717, 1.165) is 0 Å². The number of nitrogens with one attached hydrogen (secondary N) is 2. The Hall–Kier alpha value is -0.810. The van der Waals surface area contributed by atoms with E-state index in [0.29, 0.717) is 13.0 Å². The van der Waals surface area contributed by atoms with Crippen LogP contribution in [0.3, 0.4) is 0 Å². The molecule has 1 unspecified atom stereocenters. The van der Waals surface area contributed by atoms with Crippen LogP contribution in [0, 0.1) is 11.3 Å². The van der Waals surface area contributed by atoms with Gasteiger partial charge in [0.1, 0.15) is 0 Å². The van der Waals surface area contributed by atoms with Crippen molar-refractivity contribution in [2.45, 2.75) is 32.4 Å². The van der Waals surface area contributed by atoms with E-state index in [1.165, 1.54) is 0 Å². The second-order valence-electron chi connectivity index (χ2n) is 3.53. The summed E-state index contributed by atoms with van der Waals surface area (Å²) in [5.41, 5.74) is 10.8. The smallest absolute Gasteiger partial charge is 0.185 e. The van der Waals surface area contributed by atoms with E-state index < -0.39 is 6.10 Å². The van der Waals surface area contributed by atoms with Crippen molar-refractivity contribution in [2.24, 2.45) is 17.4 Å². The minimum Gasteiger partial charge on any atom is -0.391 e. The van der Waals surface area contributed by atoms with Crippen LogP contribution in [0.25, 0.3) is 0 Å². The van der Waals surface area contributed by atoms with Crippen LogP contribution in [0.15, 0.2) is 0 Å². The van der Waals surface area contributed by atoms with Gasteiger partial charge in [0, 0.05) is 12.6 Å². The summed E-state index contributed by atoms with van der Waals surface area (Å²) in [6.45, 7) is 4.37. The summed E-state index contributed by atoms with van der Waals surface area (Å²) in [7, 11) is 0. The first kappa shape index (κ1) is 12.2. The Morgan fingerprint density at radius 1 is 1.54 bits per heavy atom. The van der Waals surface area contributed by atoms with Gasteiger partial charge in [0.15, 0.2) is 5.96 Å². The molecule has 0 aliphatic heterocycles. The number of aliphatic hydroxyl groups excluding tert-OH is 1. The quantitative estimate of drug-likeness (QED) is 0.287. The Bertz CT molecular complexity index is 160. The molecule has 13 heavy (non-hydrogen) atoms. The Morgan fingerprint density at radius 3 is 2.46 bits per heavy atom. The molecule has 0 bridgehead atoms. The van der Waals surface area contributed by atoms with Gasteiger partial charge in [-0.3, -0.25) is 5.41 Å². The Labute approximate surface area is 79.0 Å². The minimum atomic E-state index is -0.492.